The molecule has 3 aromatic carbocycles. The van der Waals surface area contributed by atoms with Crippen molar-refractivity contribution in [1.29, 1.82) is 0 Å². The minimum Gasteiger partial charge on any atom is -0.345 e. The van der Waals surface area contributed by atoms with Crippen LogP contribution in [0.15, 0.2) is 83.3 Å². The van der Waals surface area contributed by atoms with Crippen molar-refractivity contribution in [2.24, 2.45) is 0 Å². The molecule has 0 bridgehead atoms. The Kier molecular flexibility index (Phi) is 5.53. The number of imidazole rings is 1. The molecule has 1 heterocycles. The third-order valence-corrected chi connectivity index (χ3v) is 5.42. The summed E-state index contributed by atoms with van der Waals surface area (Å²) in [4.78, 5) is 17.3. The van der Waals surface area contributed by atoms with E-state index in [1.807, 2.05) is 42.5 Å². The molecule has 0 aliphatic heterocycles. The number of halogens is 1. The van der Waals surface area contributed by atoms with Gasteiger partial charge in [-0.3, -0.25) is 4.79 Å². The maximum atomic E-state index is 12.6. The molecule has 0 radical (unpaired) electrons. The Morgan fingerprint density at radius 3 is 2.46 bits per heavy atom. The van der Waals surface area contributed by atoms with Gasteiger partial charge in [0, 0.05) is 11.0 Å². The number of hydrogen-bond acceptors (Lipinski definition) is 2. The van der Waals surface area contributed by atoms with Crippen LogP contribution in [0.5, 0.6) is 0 Å². The van der Waals surface area contributed by atoms with Crippen LogP contribution < -0.4 is 5.32 Å². The Morgan fingerprint density at radius 1 is 0.929 bits per heavy atom. The number of aryl methyl sites for hydroxylation is 2. The van der Waals surface area contributed by atoms with E-state index in [2.05, 4.69) is 56.1 Å². The molecule has 4 aromatic rings. The number of hydrogen-bond donors (Lipinski definition) is 1. The average molecular weight is 434 g/mol. The lowest BCUT2D eigenvalue weighted by Crippen LogP contribution is -2.25. The Morgan fingerprint density at radius 2 is 1.64 bits per heavy atom. The number of carbonyl (C=O) groups is 1. The fraction of sp³-hybridized carbons (Fsp3) is 0.130. The van der Waals surface area contributed by atoms with Gasteiger partial charge in [0.05, 0.1) is 23.1 Å². The van der Waals surface area contributed by atoms with Crippen LogP contribution in [-0.2, 0) is 19.5 Å². The largest absolute Gasteiger partial charge is 0.345 e. The number of fused-ring (bicyclic) bond motifs is 1. The van der Waals surface area contributed by atoms with Crippen LogP contribution in [0.4, 0.5) is 0 Å². The smallest absolute Gasteiger partial charge is 0.252 e. The second-order valence-electron chi connectivity index (χ2n) is 6.57. The van der Waals surface area contributed by atoms with Crippen LogP contribution in [0.2, 0.25) is 0 Å². The summed E-state index contributed by atoms with van der Waals surface area (Å²) in [5, 5.41) is 3.00. The molecule has 4 nitrogen and oxygen atoms in total. The van der Waals surface area contributed by atoms with Crippen molar-refractivity contribution in [3.05, 3.63) is 100 Å². The Labute approximate surface area is 172 Å². The number of rotatable bonds is 6. The predicted octanol–water partition coefficient (Wildman–Crippen LogP) is 4.97. The van der Waals surface area contributed by atoms with Gasteiger partial charge in [-0.2, -0.15) is 0 Å². The lowest BCUT2D eigenvalue weighted by atomic mass is 10.1. The van der Waals surface area contributed by atoms with E-state index in [1.165, 1.54) is 5.56 Å². The molecule has 28 heavy (non-hydrogen) atoms. The maximum Gasteiger partial charge on any atom is 0.252 e. The minimum absolute atomic E-state index is 0.117. The normalized spacial score (nSPS) is 10.9. The van der Waals surface area contributed by atoms with Crippen LogP contribution in [0, 0.1) is 0 Å². The SMILES string of the molecule is O=C(NCc1nc2ccccc2n1CCc1ccccc1)c1ccccc1Br. The van der Waals surface area contributed by atoms with Gasteiger partial charge in [0.25, 0.3) is 5.91 Å². The molecular weight excluding hydrogens is 414 g/mol. The monoisotopic (exact) mass is 433 g/mol. The number of nitrogens with one attached hydrogen (secondary N) is 1. The summed E-state index contributed by atoms with van der Waals surface area (Å²) in [5.74, 6) is 0.742. The lowest BCUT2D eigenvalue weighted by Gasteiger charge is -2.11. The van der Waals surface area contributed by atoms with Gasteiger partial charge in [-0.25, -0.2) is 4.98 Å². The highest BCUT2D eigenvalue weighted by molar-refractivity contribution is 9.10. The van der Waals surface area contributed by atoms with Crippen molar-refractivity contribution in [3.63, 3.8) is 0 Å². The van der Waals surface area contributed by atoms with E-state index in [-0.39, 0.29) is 5.91 Å². The molecule has 1 amide bonds. The number of amides is 1. The molecule has 0 atom stereocenters. The minimum atomic E-state index is -0.117. The number of benzene rings is 3. The molecule has 0 aliphatic carbocycles. The van der Waals surface area contributed by atoms with E-state index >= 15 is 0 Å². The summed E-state index contributed by atoms with van der Waals surface area (Å²) >= 11 is 3.43. The highest BCUT2D eigenvalue weighted by atomic mass is 79.9. The van der Waals surface area contributed by atoms with Crippen LogP contribution in [-0.4, -0.2) is 15.5 Å². The van der Waals surface area contributed by atoms with Gasteiger partial charge in [-0.15, -0.1) is 0 Å². The fourth-order valence-electron chi connectivity index (χ4n) is 3.30. The molecule has 0 saturated carbocycles. The zero-order valence-corrected chi connectivity index (χ0v) is 16.9. The van der Waals surface area contributed by atoms with E-state index in [4.69, 9.17) is 4.98 Å². The van der Waals surface area contributed by atoms with Gasteiger partial charge in [0.1, 0.15) is 5.82 Å². The van der Waals surface area contributed by atoms with Gasteiger partial charge in [0.15, 0.2) is 0 Å². The van der Waals surface area contributed by atoms with E-state index in [0.29, 0.717) is 12.1 Å². The molecular formula is C23H20BrN3O. The van der Waals surface area contributed by atoms with Gasteiger partial charge in [0.2, 0.25) is 0 Å². The third-order valence-electron chi connectivity index (χ3n) is 4.73. The van der Waals surface area contributed by atoms with Crippen molar-refractivity contribution in [1.82, 2.24) is 14.9 Å². The number of nitrogens with zero attached hydrogens (tertiary/aromatic N) is 2. The topological polar surface area (TPSA) is 46.9 Å². The summed E-state index contributed by atoms with van der Waals surface area (Å²) in [6, 6.07) is 25.9. The summed E-state index contributed by atoms with van der Waals surface area (Å²) < 4.78 is 2.98. The number of para-hydroxylation sites is 2. The zero-order chi connectivity index (χ0) is 19.3. The third kappa shape index (κ3) is 3.99. The highest BCUT2D eigenvalue weighted by Crippen LogP contribution is 2.18. The van der Waals surface area contributed by atoms with Crippen LogP contribution in [0.25, 0.3) is 11.0 Å². The molecule has 0 fully saturated rings. The summed E-state index contributed by atoms with van der Waals surface area (Å²) in [6.07, 6.45) is 0.909. The van der Waals surface area contributed by atoms with E-state index in [0.717, 1.165) is 34.3 Å². The molecule has 1 N–H and O–H groups in total. The van der Waals surface area contributed by atoms with Crippen LogP contribution in [0.3, 0.4) is 0 Å². The van der Waals surface area contributed by atoms with Gasteiger partial charge < -0.3 is 9.88 Å². The van der Waals surface area contributed by atoms with Crippen LogP contribution in [0.1, 0.15) is 21.7 Å². The lowest BCUT2D eigenvalue weighted by molar-refractivity contribution is 0.0948. The second kappa shape index (κ2) is 8.40. The standard InChI is InChI=1S/C23H20BrN3O/c24-19-11-5-4-10-18(19)23(28)25-16-22-26-20-12-6-7-13-21(20)27(22)15-14-17-8-2-1-3-9-17/h1-13H,14-16H2,(H,25,28). The highest BCUT2D eigenvalue weighted by Gasteiger charge is 2.13. The van der Waals surface area contributed by atoms with E-state index in [9.17, 15) is 4.79 Å². The van der Waals surface area contributed by atoms with E-state index in [1.54, 1.807) is 6.07 Å². The first-order valence-electron chi connectivity index (χ1n) is 9.23. The van der Waals surface area contributed by atoms with Gasteiger partial charge >= 0.3 is 0 Å². The van der Waals surface area contributed by atoms with Crippen molar-refractivity contribution >= 4 is 32.9 Å². The molecule has 0 unspecified atom stereocenters. The van der Waals surface area contributed by atoms with Gasteiger partial charge in [-0.05, 0) is 52.2 Å². The first-order chi connectivity index (χ1) is 13.7. The molecule has 4 rings (SSSR count). The molecule has 0 saturated heterocycles. The molecule has 140 valence electrons. The molecule has 5 heteroatoms. The first kappa shape index (κ1) is 18.4. The quantitative estimate of drug-likeness (QED) is 0.466. The summed E-state index contributed by atoms with van der Waals surface area (Å²) in [6.45, 7) is 1.19. The van der Waals surface area contributed by atoms with E-state index < -0.39 is 0 Å². The molecule has 0 aliphatic rings. The summed E-state index contributed by atoms with van der Waals surface area (Å²) in [7, 11) is 0. The maximum absolute atomic E-state index is 12.6. The van der Waals surface area contributed by atoms with Crippen molar-refractivity contribution in [2.75, 3.05) is 0 Å². The van der Waals surface area contributed by atoms with Crippen LogP contribution >= 0.6 is 15.9 Å². The fourth-order valence-corrected chi connectivity index (χ4v) is 3.76. The van der Waals surface area contributed by atoms with Gasteiger partial charge in [-0.1, -0.05) is 54.6 Å². The molecule has 0 spiro atoms. The predicted molar refractivity (Wildman–Crippen MR) is 115 cm³/mol. The Balaban J connectivity index is 1.56. The number of aromatic nitrogens is 2. The molecule has 1 aromatic heterocycles. The van der Waals surface area contributed by atoms with Crippen molar-refractivity contribution in [3.8, 4) is 0 Å². The Hall–Kier alpha value is -2.92. The Bertz CT molecular complexity index is 1110. The van der Waals surface area contributed by atoms with Crippen molar-refractivity contribution in [2.45, 2.75) is 19.5 Å². The zero-order valence-electron chi connectivity index (χ0n) is 15.3. The number of carbonyl (C=O) groups excluding carboxylic acids is 1. The summed E-state index contributed by atoms with van der Waals surface area (Å²) in [5.41, 5.74) is 3.93. The average Bonchev–Trinajstić information content (AvgIpc) is 3.09. The first-order valence-corrected chi connectivity index (χ1v) is 10.0. The van der Waals surface area contributed by atoms with Crippen molar-refractivity contribution < 1.29 is 4.79 Å². The second-order valence-corrected chi connectivity index (χ2v) is 7.42.